The van der Waals surface area contributed by atoms with Crippen LogP contribution in [0.25, 0.3) is 0 Å². The largest absolute Gasteiger partial charge is 0.352 e. The fourth-order valence-electron chi connectivity index (χ4n) is 6.56. The summed E-state index contributed by atoms with van der Waals surface area (Å²) >= 11 is 3.98. The second-order valence-corrected chi connectivity index (χ2v) is 10.8. The summed E-state index contributed by atoms with van der Waals surface area (Å²) in [6, 6.07) is 16.3. The Labute approximate surface area is 195 Å². The molecule has 2 fully saturated rings. The van der Waals surface area contributed by atoms with E-state index >= 15 is 0 Å². The van der Waals surface area contributed by atoms with Crippen LogP contribution in [-0.4, -0.2) is 35.2 Å². The fourth-order valence-corrected chi connectivity index (χ4v) is 7.76. The van der Waals surface area contributed by atoms with Crippen molar-refractivity contribution in [1.29, 1.82) is 0 Å². The van der Waals surface area contributed by atoms with Gasteiger partial charge in [0.25, 0.3) is 0 Å². The molecule has 1 heterocycles. The van der Waals surface area contributed by atoms with Crippen LogP contribution in [0.3, 0.4) is 0 Å². The quantitative estimate of drug-likeness (QED) is 0.522. The van der Waals surface area contributed by atoms with Crippen molar-refractivity contribution in [2.75, 3.05) is 6.54 Å². The molecule has 2 bridgehead atoms. The zero-order valence-electron chi connectivity index (χ0n) is 17.7. The highest BCUT2D eigenvalue weighted by Crippen LogP contribution is 2.66. The Balaban J connectivity index is 1.37. The Morgan fingerprint density at radius 3 is 2.16 bits per heavy atom. The van der Waals surface area contributed by atoms with E-state index < -0.39 is 16.2 Å². The summed E-state index contributed by atoms with van der Waals surface area (Å²) in [6.07, 6.45) is 5.36. The van der Waals surface area contributed by atoms with Gasteiger partial charge in [0.15, 0.2) is 0 Å². The molecule has 1 N–H and O–H groups in total. The van der Waals surface area contributed by atoms with Gasteiger partial charge in [0.2, 0.25) is 17.7 Å². The number of nitrogens with zero attached hydrogens (tertiary/aromatic N) is 1. The Hall–Kier alpha value is -2.47. The molecule has 2 atom stereocenters. The smallest absolute Gasteiger partial charge is 0.240 e. The van der Waals surface area contributed by atoms with E-state index in [1.165, 1.54) is 11.3 Å². The number of alkyl halides is 1. The summed E-state index contributed by atoms with van der Waals surface area (Å²) in [4.78, 5) is 41.3. The van der Waals surface area contributed by atoms with E-state index in [2.05, 4.69) is 45.5 Å². The fraction of sp³-hybridized carbons (Fsp3) is 0.423. The van der Waals surface area contributed by atoms with Crippen LogP contribution >= 0.6 is 15.9 Å². The number of likely N-dealkylation sites (tertiary alicyclic amines) is 1. The van der Waals surface area contributed by atoms with Gasteiger partial charge < -0.3 is 5.32 Å². The lowest BCUT2D eigenvalue weighted by molar-refractivity contribution is -0.144. The molecular formula is C26H25BrN2O3. The minimum absolute atomic E-state index is 0.151. The Morgan fingerprint density at radius 2 is 1.53 bits per heavy atom. The molecule has 5 aliphatic rings. The Kier molecular flexibility index (Phi) is 4.58. The first kappa shape index (κ1) is 20.2. The monoisotopic (exact) mass is 492 g/mol. The van der Waals surface area contributed by atoms with Crippen molar-refractivity contribution in [3.05, 3.63) is 70.8 Å². The summed E-state index contributed by atoms with van der Waals surface area (Å²) < 4.78 is -0.763. The molecule has 1 aliphatic heterocycles. The minimum atomic E-state index is -0.763. The lowest BCUT2D eigenvalue weighted by Gasteiger charge is -2.51. The highest BCUT2D eigenvalue weighted by atomic mass is 79.9. The van der Waals surface area contributed by atoms with Gasteiger partial charge in [-0.25, -0.2) is 0 Å². The van der Waals surface area contributed by atoms with Crippen LogP contribution in [0.1, 0.15) is 60.3 Å². The van der Waals surface area contributed by atoms with Crippen LogP contribution in [-0.2, 0) is 18.7 Å². The highest BCUT2D eigenvalue weighted by Gasteiger charge is 2.67. The standard InChI is InChI=1S/C26H25BrN2O3/c27-26-18-12-6-4-10-16(18)21(17-11-5-7-13-19(17)26)22-23(26)25(32)29(24(22)31)14-20(30)28-15-8-2-1-3-9-15/h4-7,10-13,15,21-23H,1-3,8-9,14H2,(H,28,30)/t21?,22-,23+,26?/m0/s1. The first-order valence-electron chi connectivity index (χ1n) is 11.5. The summed E-state index contributed by atoms with van der Waals surface area (Å²) in [5, 5.41) is 3.05. The molecule has 5 nitrogen and oxygen atoms in total. The van der Waals surface area contributed by atoms with E-state index in [0.29, 0.717) is 0 Å². The highest BCUT2D eigenvalue weighted by molar-refractivity contribution is 9.09. The molecule has 1 saturated carbocycles. The van der Waals surface area contributed by atoms with Gasteiger partial charge in [-0.1, -0.05) is 83.7 Å². The van der Waals surface area contributed by atoms with Gasteiger partial charge in [0.05, 0.1) is 16.2 Å². The van der Waals surface area contributed by atoms with Crippen LogP contribution in [0.2, 0.25) is 0 Å². The molecule has 164 valence electrons. The second kappa shape index (κ2) is 7.27. The maximum Gasteiger partial charge on any atom is 0.240 e. The lowest BCUT2D eigenvalue weighted by Crippen LogP contribution is -2.50. The molecule has 2 aromatic carbocycles. The predicted molar refractivity (Wildman–Crippen MR) is 123 cm³/mol. The number of amides is 3. The predicted octanol–water partition coefficient (Wildman–Crippen LogP) is 3.83. The summed E-state index contributed by atoms with van der Waals surface area (Å²) in [5.41, 5.74) is 4.30. The number of hydrogen-bond donors (Lipinski definition) is 1. The maximum atomic E-state index is 13.7. The minimum Gasteiger partial charge on any atom is -0.352 e. The first-order valence-corrected chi connectivity index (χ1v) is 12.3. The lowest BCUT2D eigenvalue weighted by atomic mass is 9.55. The number of carbonyl (C=O) groups excluding carboxylic acids is 3. The van der Waals surface area contributed by atoms with Crippen molar-refractivity contribution in [3.8, 4) is 0 Å². The Bertz CT molecular complexity index is 1090. The molecule has 0 aromatic heterocycles. The van der Waals surface area contributed by atoms with Crippen molar-refractivity contribution in [3.63, 3.8) is 0 Å². The van der Waals surface area contributed by atoms with E-state index in [0.717, 1.165) is 47.9 Å². The number of imide groups is 1. The van der Waals surface area contributed by atoms with Gasteiger partial charge in [-0.15, -0.1) is 0 Å². The molecule has 1 saturated heterocycles. The topological polar surface area (TPSA) is 66.5 Å². The zero-order valence-corrected chi connectivity index (χ0v) is 19.3. The molecule has 0 radical (unpaired) electrons. The average molecular weight is 493 g/mol. The second-order valence-electron chi connectivity index (χ2n) is 9.53. The van der Waals surface area contributed by atoms with Gasteiger partial charge in [0, 0.05) is 12.0 Å². The molecule has 0 unspecified atom stereocenters. The third-order valence-corrected chi connectivity index (χ3v) is 9.23. The zero-order chi connectivity index (χ0) is 22.0. The normalized spacial score (nSPS) is 30.7. The third-order valence-electron chi connectivity index (χ3n) is 7.88. The van der Waals surface area contributed by atoms with E-state index in [-0.39, 0.29) is 36.2 Å². The molecule has 2 aromatic rings. The number of nitrogens with one attached hydrogen (secondary N) is 1. The van der Waals surface area contributed by atoms with Crippen molar-refractivity contribution in [2.24, 2.45) is 11.8 Å². The molecule has 0 spiro atoms. The summed E-state index contributed by atoms with van der Waals surface area (Å²) in [5.74, 6) is -1.92. The van der Waals surface area contributed by atoms with Gasteiger partial charge in [-0.2, -0.15) is 0 Å². The molecular weight excluding hydrogens is 468 g/mol. The molecule has 7 rings (SSSR count). The van der Waals surface area contributed by atoms with Crippen molar-refractivity contribution in [1.82, 2.24) is 10.2 Å². The van der Waals surface area contributed by atoms with E-state index in [1.807, 2.05) is 24.3 Å². The van der Waals surface area contributed by atoms with E-state index in [4.69, 9.17) is 0 Å². The molecule has 4 aliphatic carbocycles. The van der Waals surface area contributed by atoms with Crippen LogP contribution in [0.15, 0.2) is 48.5 Å². The molecule has 32 heavy (non-hydrogen) atoms. The van der Waals surface area contributed by atoms with Crippen LogP contribution in [0.4, 0.5) is 0 Å². The number of halogens is 1. The van der Waals surface area contributed by atoms with Gasteiger partial charge in [0.1, 0.15) is 6.54 Å². The van der Waals surface area contributed by atoms with Crippen LogP contribution < -0.4 is 5.32 Å². The van der Waals surface area contributed by atoms with Crippen LogP contribution in [0, 0.1) is 11.8 Å². The first-order chi connectivity index (χ1) is 15.5. The molecule has 3 amide bonds. The van der Waals surface area contributed by atoms with Crippen LogP contribution in [0.5, 0.6) is 0 Å². The third kappa shape index (κ3) is 2.65. The van der Waals surface area contributed by atoms with Crippen molar-refractivity contribution in [2.45, 2.75) is 48.4 Å². The SMILES string of the molecule is O=C(CN1C(=O)[C@H]2C3c4ccccc4C(Br)(c4ccccc43)[C@H]2C1=O)NC1CCCCC1. The van der Waals surface area contributed by atoms with Crippen molar-refractivity contribution < 1.29 is 14.4 Å². The van der Waals surface area contributed by atoms with Crippen molar-refractivity contribution >= 4 is 33.7 Å². The number of benzene rings is 2. The Morgan fingerprint density at radius 1 is 0.938 bits per heavy atom. The number of rotatable bonds is 3. The maximum absolute atomic E-state index is 13.7. The number of carbonyl (C=O) groups is 3. The summed E-state index contributed by atoms with van der Waals surface area (Å²) in [6.45, 7) is -0.191. The average Bonchev–Trinajstić information content (AvgIpc) is 3.06. The van der Waals surface area contributed by atoms with Gasteiger partial charge in [-0.3, -0.25) is 19.3 Å². The summed E-state index contributed by atoms with van der Waals surface area (Å²) in [7, 11) is 0. The number of hydrogen-bond acceptors (Lipinski definition) is 3. The van der Waals surface area contributed by atoms with Gasteiger partial charge >= 0.3 is 0 Å². The van der Waals surface area contributed by atoms with Gasteiger partial charge in [-0.05, 0) is 35.1 Å². The van der Waals surface area contributed by atoms with E-state index in [1.54, 1.807) is 0 Å². The van der Waals surface area contributed by atoms with E-state index in [9.17, 15) is 14.4 Å². The molecule has 6 heteroatoms.